The first-order valence-electron chi connectivity index (χ1n) is 8.07. The van der Waals surface area contributed by atoms with Crippen LogP contribution in [0.4, 0.5) is 21.0 Å². The second kappa shape index (κ2) is 7.45. The lowest BCUT2D eigenvalue weighted by Crippen LogP contribution is -2.57. The van der Waals surface area contributed by atoms with Crippen LogP contribution in [-0.4, -0.2) is 53.1 Å². The molecule has 0 aromatic carbocycles. The summed E-state index contributed by atoms with van der Waals surface area (Å²) in [5.74, 6) is 0. The van der Waals surface area contributed by atoms with E-state index in [0.29, 0.717) is 25.2 Å². The quantitative estimate of drug-likeness (QED) is 0.647. The summed E-state index contributed by atoms with van der Waals surface area (Å²) in [6.45, 7) is 6.29. The average molecular weight is 351 g/mol. The van der Waals surface area contributed by atoms with Crippen LogP contribution in [0.2, 0.25) is 0 Å². The van der Waals surface area contributed by atoms with Crippen molar-refractivity contribution in [2.45, 2.75) is 44.9 Å². The number of carboxylic acid groups (broad SMARTS) is 1. The fourth-order valence-electron chi connectivity index (χ4n) is 2.84. The summed E-state index contributed by atoms with van der Waals surface area (Å²) in [4.78, 5) is 29.0. The first kappa shape index (κ1) is 18.6. The number of hydrogen-bond acceptors (Lipinski definition) is 6. The number of alkyl carbamates (subject to hydrolysis) is 1. The third-order valence-electron chi connectivity index (χ3n) is 3.67. The van der Waals surface area contributed by atoms with Crippen molar-refractivity contribution in [1.82, 2.24) is 15.6 Å². The summed E-state index contributed by atoms with van der Waals surface area (Å²) in [7, 11) is 0. The minimum atomic E-state index is -1.11. The van der Waals surface area contributed by atoms with Gasteiger partial charge in [0.2, 0.25) is 0 Å². The standard InChI is InChI=1S/C16H25N5O4/c1-16(2,3)25-15(24)20-11-6-10(19-14(22)23)8-21(9-11)13-4-5-18-7-12(13)17/h4-5,7,10-11,19H,6,8-9,17H2,1-3H3,(H,20,24)(H,22,23)/t10-,11+/m0/s1. The normalized spacial score (nSPS) is 20.7. The zero-order valence-electron chi connectivity index (χ0n) is 14.7. The molecule has 2 amide bonds. The van der Waals surface area contributed by atoms with Crippen LogP contribution in [0.1, 0.15) is 27.2 Å². The van der Waals surface area contributed by atoms with Crippen LogP contribution >= 0.6 is 0 Å². The van der Waals surface area contributed by atoms with Crippen molar-refractivity contribution in [1.29, 1.82) is 0 Å². The number of anilines is 2. The lowest BCUT2D eigenvalue weighted by atomic mass is 10.00. The maximum atomic E-state index is 12.0. The van der Waals surface area contributed by atoms with Gasteiger partial charge in [-0.3, -0.25) is 4.98 Å². The molecule has 0 unspecified atom stereocenters. The van der Waals surface area contributed by atoms with Gasteiger partial charge >= 0.3 is 12.2 Å². The zero-order valence-corrected chi connectivity index (χ0v) is 14.7. The smallest absolute Gasteiger partial charge is 0.407 e. The molecule has 9 nitrogen and oxygen atoms in total. The van der Waals surface area contributed by atoms with Crippen LogP contribution in [0, 0.1) is 0 Å². The molecule has 0 saturated carbocycles. The van der Waals surface area contributed by atoms with Crippen molar-refractivity contribution < 1.29 is 19.4 Å². The molecule has 9 heteroatoms. The van der Waals surface area contributed by atoms with E-state index in [0.717, 1.165) is 5.69 Å². The van der Waals surface area contributed by atoms with Crippen molar-refractivity contribution >= 4 is 23.6 Å². The lowest BCUT2D eigenvalue weighted by Gasteiger charge is -2.39. The summed E-state index contributed by atoms with van der Waals surface area (Å²) in [6, 6.07) is 1.13. The van der Waals surface area contributed by atoms with Crippen LogP contribution in [0.25, 0.3) is 0 Å². The van der Waals surface area contributed by atoms with Crippen molar-refractivity contribution in [2.24, 2.45) is 0 Å². The molecule has 0 radical (unpaired) electrons. The third-order valence-corrected chi connectivity index (χ3v) is 3.67. The van der Waals surface area contributed by atoms with Gasteiger partial charge in [0.05, 0.1) is 29.7 Å². The molecule has 2 heterocycles. The monoisotopic (exact) mass is 351 g/mol. The lowest BCUT2D eigenvalue weighted by molar-refractivity contribution is 0.0497. The van der Waals surface area contributed by atoms with Crippen LogP contribution in [-0.2, 0) is 4.74 Å². The van der Waals surface area contributed by atoms with E-state index in [-0.39, 0.29) is 12.1 Å². The van der Waals surface area contributed by atoms with E-state index < -0.39 is 17.8 Å². The molecule has 2 rings (SSSR count). The van der Waals surface area contributed by atoms with Gasteiger partial charge in [0.25, 0.3) is 0 Å². The average Bonchev–Trinajstić information content (AvgIpc) is 2.44. The third kappa shape index (κ3) is 5.70. The Morgan fingerprint density at radius 1 is 1.32 bits per heavy atom. The van der Waals surface area contributed by atoms with Crippen LogP contribution in [0.15, 0.2) is 18.5 Å². The van der Waals surface area contributed by atoms with E-state index in [1.165, 1.54) is 0 Å². The first-order chi connectivity index (χ1) is 11.6. The highest BCUT2D eigenvalue weighted by atomic mass is 16.6. The maximum Gasteiger partial charge on any atom is 0.407 e. The van der Waals surface area contributed by atoms with E-state index in [9.17, 15) is 9.59 Å². The van der Waals surface area contributed by atoms with Gasteiger partial charge in [0.1, 0.15) is 5.60 Å². The highest BCUT2D eigenvalue weighted by molar-refractivity contribution is 5.70. The van der Waals surface area contributed by atoms with Gasteiger partial charge in [0.15, 0.2) is 0 Å². The van der Waals surface area contributed by atoms with Gasteiger partial charge in [-0.15, -0.1) is 0 Å². The van der Waals surface area contributed by atoms with Gasteiger partial charge in [-0.25, -0.2) is 9.59 Å². The Morgan fingerprint density at radius 2 is 1.96 bits per heavy atom. The number of nitrogen functional groups attached to an aromatic ring is 1. The van der Waals surface area contributed by atoms with Gasteiger partial charge in [-0.2, -0.15) is 0 Å². The van der Waals surface area contributed by atoms with Gasteiger partial charge in [0, 0.05) is 19.3 Å². The summed E-state index contributed by atoms with van der Waals surface area (Å²) >= 11 is 0. The Morgan fingerprint density at radius 3 is 2.52 bits per heavy atom. The number of carbonyl (C=O) groups excluding carboxylic acids is 1. The SMILES string of the molecule is CC(C)(C)OC(=O)N[C@@H]1C[C@H](NC(=O)O)CN(c2ccncc2N)C1. The number of amides is 2. The predicted molar refractivity (Wildman–Crippen MR) is 93.6 cm³/mol. The van der Waals surface area contributed by atoms with E-state index in [2.05, 4.69) is 15.6 Å². The van der Waals surface area contributed by atoms with Gasteiger partial charge in [-0.05, 0) is 33.3 Å². The van der Waals surface area contributed by atoms with Crippen LogP contribution in [0.3, 0.4) is 0 Å². The van der Waals surface area contributed by atoms with E-state index in [1.807, 2.05) is 4.90 Å². The fraction of sp³-hybridized carbons (Fsp3) is 0.562. The highest BCUT2D eigenvalue weighted by Crippen LogP contribution is 2.25. The molecule has 138 valence electrons. The molecule has 2 atom stereocenters. The molecule has 1 aliphatic heterocycles. The molecule has 0 aliphatic carbocycles. The van der Waals surface area contributed by atoms with Crippen molar-refractivity contribution in [2.75, 3.05) is 23.7 Å². The van der Waals surface area contributed by atoms with Gasteiger partial charge in [-0.1, -0.05) is 0 Å². The Kier molecular flexibility index (Phi) is 5.55. The molecule has 1 aromatic heterocycles. The number of ether oxygens (including phenoxy) is 1. The van der Waals surface area contributed by atoms with Crippen molar-refractivity contribution in [3.63, 3.8) is 0 Å². The Labute approximate surface area is 146 Å². The summed E-state index contributed by atoms with van der Waals surface area (Å²) < 4.78 is 5.28. The second-order valence-corrected chi connectivity index (χ2v) is 7.06. The minimum absolute atomic E-state index is 0.284. The topological polar surface area (TPSA) is 130 Å². The van der Waals surface area contributed by atoms with E-state index in [1.54, 1.807) is 39.2 Å². The number of aromatic nitrogens is 1. The number of rotatable bonds is 3. The molecule has 1 saturated heterocycles. The minimum Gasteiger partial charge on any atom is -0.465 e. The molecule has 0 spiro atoms. The summed E-state index contributed by atoms with van der Waals surface area (Å²) in [5, 5.41) is 14.3. The molecule has 1 aliphatic rings. The number of pyridine rings is 1. The number of piperidine rings is 1. The summed E-state index contributed by atoms with van der Waals surface area (Å²) in [6.07, 6.45) is 1.99. The molecule has 25 heavy (non-hydrogen) atoms. The first-order valence-corrected chi connectivity index (χ1v) is 8.07. The number of carbonyl (C=O) groups is 2. The molecule has 1 aromatic rings. The molecule has 5 N–H and O–H groups in total. The number of nitrogens with zero attached hydrogens (tertiary/aromatic N) is 2. The number of nitrogens with one attached hydrogen (secondary N) is 2. The van der Waals surface area contributed by atoms with E-state index in [4.69, 9.17) is 15.6 Å². The zero-order chi connectivity index (χ0) is 18.6. The van der Waals surface area contributed by atoms with Crippen molar-refractivity contribution in [3.8, 4) is 0 Å². The molecular formula is C16H25N5O4. The number of nitrogens with two attached hydrogens (primary N) is 1. The van der Waals surface area contributed by atoms with Crippen LogP contribution < -0.4 is 21.3 Å². The Bertz CT molecular complexity index is 631. The molecular weight excluding hydrogens is 326 g/mol. The molecule has 0 bridgehead atoms. The Balaban J connectivity index is 2.12. The Hall–Kier alpha value is -2.71. The largest absolute Gasteiger partial charge is 0.465 e. The van der Waals surface area contributed by atoms with Crippen LogP contribution in [0.5, 0.6) is 0 Å². The number of hydrogen-bond donors (Lipinski definition) is 4. The highest BCUT2D eigenvalue weighted by Gasteiger charge is 2.31. The van der Waals surface area contributed by atoms with Crippen molar-refractivity contribution in [3.05, 3.63) is 18.5 Å². The maximum absolute atomic E-state index is 12.0. The van der Waals surface area contributed by atoms with E-state index >= 15 is 0 Å². The predicted octanol–water partition coefficient (Wildman–Crippen LogP) is 1.40. The second-order valence-electron chi connectivity index (χ2n) is 7.06. The van der Waals surface area contributed by atoms with Gasteiger partial charge < -0.3 is 31.1 Å². The fourth-order valence-corrected chi connectivity index (χ4v) is 2.84. The molecule has 1 fully saturated rings. The summed E-state index contributed by atoms with van der Waals surface area (Å²) in [5.41, 5.74) is 6.62.